The summed E-state index contributed by atoms with van der Waals surface area (Å²) in [7, 11) is 0.990. The molecule has 1 saturated heterocycles. The molecule has 1 rings (SSSR count). The molecule has 0 radical (unpaired) electrons. The van der Waals surface area contributed by atoms with E-state index in [1.165, 1.54) is 0 Å². The maximum Gasteiger partial charge on any atom is 0.366 e. The number of rotatable bonds is 5. The van der Waals surface area contributed by atoms with Crippen LogP contribution >= 0.6 is 0 Å². The van der Waals surface area contributed by atoms with E-state index >= 15 is 0 Å². The first-order valence-corrected chi connectivity index (χ1v) is 6.57. The number of amides is 1. The Labute approximate surface area is 126 Å². The molecule has 10 nitrogen and oxygen atoms in total. The van der Waals surface area contributed by atoms with Gasteiger partial charge in [-0.05, 0) is 0 Å². The highest BCUT2D eigenvalue weighted by atomic mass is 16.7. The number of esters is 1. The molecule has 0 aromatic heterocycles. The van der Waals surface area contributed by atoms with E-state index in [2.05, 4.69) is 10.1 Å². The highest BCUT2D eigenvalue weighted by Gasteiger charge is 2.54. The Kier molecular flexibility index (Phi) is 6.23. The third-order valence-electron chi connectivity index (χ3n) is 3.38. The van der Waals surface area contributed by atoms with Gasteiger partial charge in [0, 0.05) is 13.3 Å². The molecule has 0 spiro atoms. The van der Waals surface area contributed by atoms with Gasteiger partial charge in [-0.25, -0.2) is 4.79 Å². The summed E-state index contributed by atoms with van der Waals surface area (Å²) in [5.74, 6) is -4.32. The van der Waals surface area contributed by atoms with Crippen molar-refractivity contribution in [1.29, 1.82) is 0 Å². The molecular formula is C12H21NO9. The quantitative estimate of drug-likeness (QED) is 0.278. The van der Waals surface area contributed by atoms with Crippen LogP contribution in [0, 0.1) is 0 Å². The first-order valence-electron chi connectivity index (χ1n) is 6.57. The highest BCUT2D eigenvalue weighted by Crippen LogP contribution is 2.31. The number of nitrogens with one attached hydrogen (secondary N) is 1. The molecule has 1 aliphatic rings. The number of aliphatic hydroxyl groups excluding tert-OH is 4. The largest absolute Gasteiger partial charge is 0.465 e. The van der Waals surface area contributed by atoms with E-state index < -0.39 is 61.1 Å². The van der Waals surface area contributed by atoms with E-state index in [1.54, 1.807) is 0 Å². The van der Waals surface area contributed by atoms with Gasteiger partial charge in [0.15, 0.2) is 0 Å². The van der Waals surface area contributed by atoms with Gasteiger partial charge in [-0.1, -0.05) is 0 Å². The molecule has 1 heterocycles. The van der Waals surface area contributed by atoms with Gasteiger partial charge in [-0.15, -0.1) is 0 Å². The maximum absolute atomic E-state index is 11.6. The van der Waals surface area contributed by atoms with Gasteiger partial charge in [0.25, 0.3) is 5.79 Å². The predicted molar refractivity (Wildman–Crippen MR) is 69.2 cm³/mol. The molecule has 1 aliphatic heterocycles. The Balaban J connectivity index is 3.09. The minimum atomic E-state index is -2.55. The molecule has 4 unspecified atom stereocenters. The molecule has 0 saturated carbocycles. The number of methoxy groups -OCH3 is 1. The zero-order valence-corrected chi connectivity index (χ0v) is 12.2. The average Bonchev–Trinajstić information content (AvgIpc) is 2.46. The fourth-order valence-electron chi connectivity index (χ4n) is 2.29. The Morgan fingerprint density at radius 2 is 2.05 bits per heavy atom. The molecule has 128 valence electrons. The standard InChI is InChI=1S/C12H21NO9/c1-5(15)13-8-6(16)3-12(20,11(19)21-2)22-10(8)9(18)7(17)4-14/h6-10,14,16-18,20H,3-4H2,1-2H3,(H,13,15)/t6?,7-,8?,9-,10?,12?/m1/s1. The van der Waals surface area contributed by atoms with Crippen LogP contribution in [0.1, 0.15) is 13.3 Å². The second-order valence-electron chi connectivity index (χ2n) is 5.10. The van der Waals surface area contributed by atoms with Crippen molar-refractivity contribution < 1.29 is 44.6 Å². The molecular weight excluding hydrogens is 302 g/mol. The lowest BCUT2D eigenvalue weighted by atomic mass is 9.88. The van der Waals surface area contributed by atoms with Crippen LogP contribution in [0.25, 0.3) is 0 Å². The van der Waals surface area contributed by atoms with Gasteiger partial charge in [0.2, 0.25) is 5.91 Å². The molecule has 10 heteroatoms. The van der Waals surface area contributed by atoms with E-state index in [0.29, 0.717) is 0 Å². The molecule has 1 amide bonds. The normalized spacial score (nSPS) is 34.6. The third-order valence-corrected chi connectivity index (χ3v) is 3.38. The van der Waals surface area contributed by atoms with Gasteiger partial charge in [-0.2, -0.15) is 0 Å². The van der Waals surface area contributed by atoms with E-state index in [1.807, 2.05) is 0 Å². The van der Waals surface area contributed by atoms with Gasteiger partial charge >= 0.3 is 5.97 Å². The van der Waals surface area contributed by atoms with Crippen LogP contribution in [-0.2, 0) is 19.1 Å². The number of hydrogen-bond acceptors (Lipinski definition) is 9. The Hall–Kier alpha value is -1.30. The van der Waals surface area contributed by atoms with Crippen molar-refractivity contribution in [2.24, 2.45) is 0 Å². The summed E-state index contributed by atoms with van der Waals surface area (Å²) < 4.78 is 9.45. The average molecular weight is 323 g/mol. The molecule has 0 aromatic rings. The SMILES string of the molecule is COC(=O)C1(O)CC(O)C(NC(C)=O)C([C@H](O)[C@H](O)CO)O1. The molecule has 6 N–H and O–H groups in total. The number of carbonyl (C=O) groups excluding carboxylic acids is 2. The van der Waals surface area contributed by atoms with Crippen molar-refractivity contribution in [2.45, 2.75) is 49.6 Å². The number of hydrogen-bond donors (Lipinski definition) is 6. The molecule has 22 heavy (non-hydrogen) atoms. The smallest absolute Gasteiger partial charge is 0.366 e. The van der Waals surface area contributed by atoms with Gasteiger partial charge in [0.1, 0.15) is 18.3 Å². The van der Waals surface area contributed by atoms with Crippen molar-refractivity contribution in [3.8, 4) is 0 Å². The van der Waals surface area contributed by atoms with Crippen LogP contribution < -0.4 is 5.32 Å². The lowest BCUT2D eigenvalue weighted by Gasteiger charge is -2.45. The Bertz CT molecular complexity index is 417. The van der Waals surface area contributed by atoms with Crippen LogP contribution in [0.15, 0.2) is 0 Å². The number of ether oxygens (including phenoxy) is 2. The minimum absolute atomic E-state index is 0.563. The van der Waals surface area contributed by atoms with Crippen molar-refractivity contribution in [3.63, 3.8) is 0 Å². The fourth-order valence-corrected chi connectivity index (χ4v) is 2.29. The monoisotopic (exact) mass is 323 g/mol. The topological polar surface area (TPSA) is 166 Å². The second kappa shape index (κ2) is 7.31. The summed E-state index contributed by atoms with van der Waals surface area (Å²) in [6, 6.07) is -1.21. The maximum atomic E-state index is 11.6. The molecule has 0 bridgehead atoms. The van der Waals surface area contributed by atoms with E-state index in [-0.39, 0.29) is 0 Å². The number of aliphatic hydroxyl groups is 5. The minimum Gasteiger partial charge on any atom is -0.465 e. The summed E-state index contributed by atoms with van der Waals surface area (Å²) in [6.07, 6.45) is -7.09. The first kappa shape index (κ1) is 18.7. The van der Waals surface area contributed by atoms with Crippen molar-refractivity contribution in [3.05, 3.63) is 0 Å². The molecule has 0 aromatic carbocycles. The van der Waals surface area contributed by atoms with Crippen LogP contribution in [0.3, 0.4) is 0 Å². The highest BCUT2D eigenvalue weighted by molar-refractivity contribution is 5.78. The van der Waals surface area contributed by atoms with Crippen molar-refractivity contribution >= 4 is 11.9 Å². The van der Waals surface area contributed by atoms with Gasteiger partial charge < -0.3 is 40.3 Å². The molecule has 1 fully saturated rings. The van der Waals surface area contributed by atoms with Gasteiger partial charge in [0.05, 0.1) is 25.9 Å². The van der Waals surface area contributed by atoms with E-state index in [9.17, 15) is 30.0 Å². The van der Waals surface area contributed by atoms with Crippen LogP contribution in [0.5, 0.6) is 0 Å². The summed E-state index contributed by atoms with van der Waals surface area (Å²) in [5, 5.41) is 50.8. The fraction of sp³-hybridized carbons (Fsp3) is 0.833. The van der Waals surface area contributed by atoms with Crippen LogP contribution in [-0.4, -0.2) is 87.4 Å². The summed E-state index contributed by atoms with van der Waals surface area (Å²) in [6.45, 7) is 0.320. The van der Waals surface area contributed by atoms with Crippen LogP contribution in [0.4, 0.5) is 0 Å². The van der Waals surface area contributed by atoms with Gasteiger partial charge in [-0.3, -0.25) is 4.79 Å². The summed E-state index contributed by atoms with van der Waals surface area (Å²) >= 11 is 0. The summed E-state index contributed by atoms with van der Waals surface area (Å²) in [4.78, 5) is 22.8. The van der Waals surface area contributed by atoms with Crippen LogP contribution in [0.2, 0.25) is 0 Å². The van der Waals surface area contributed by atoms with Crippen molar-refractivity contribution in [1.82, 2.24) is 5.32 Å². The zero-order chi connectivity index (χ0) is 17.1. The Morgan fingerprint density at radius 3 is 2.50 bits per heavy atom. The lowest BCUT2D eigenvalue weighted by molar-refractivity contribution is -0.296. The lowest BCUT2D eigenvalue weighted by Crippen LogP contribution is -2.67. The predicted octanol–water partition coefficient (Wildman–Crippen LogP) is -3.78. The molecule has 6 atom stereocenters. The second-order valence-corrected chi connectivity index (χ2v) is 5.10. The third kappa shape index (κ3) is 3.91. The van der Waals surface area contributed by atoms with Crippen molar-refractivity contribution in [2.75, 3.05) is 13.7 Å². The first-order chi connectivity index (χ1) is 10.2. The van der Waals surface area contributed by atoms with E-state index in [4.69, 9.17) is 9.84 Å². The van der Waals surface area contributed by atoms with E-state index in [0.717, 1.165) is 14.0 Å². The zero-order valence-electron chi connectivity index (χ0n) is 12.2. The molecule has 0 aliphatic carbocycles. The number of carbonyl (C=O) groups is 2. The summed E-state index contributed by atoms with van der Waals surface area (Å²) in [5.41, 5.74) is 0. The Morgan fingerprint density at radius 1 is 1.45 bits per heavy atom.